The van der Waals surface area contributed by atoms with Gasteiger partial charge in [-0.05, 0) is 38.3 Å². The molecule has 19 heavy (non-hydrogen) atoms. The maximum atomic E-state index is 13.7. The van der Waals surface area contributed by atoms with Crippen LogP contribution in [0.2, 0.25) is 0 Å². The van der Waals surface area contributed by atoms with E-state index in [-0.39, 0.29) is 5.75 Å². The summed E-state index contributed by atoms with van der Waals surface area (Å²) in [5, 5.41) is 13.2. The summed E-state index contributed by atoms with van der Waals surface area (Å²) in [6.07, 6.45) is 2.74. The maximum absolute atomic E-state index is 13.7. The normalized spacial score (nSPS) is 19.2. The first-order valence-electron chi connectivity index (χ1n) is 6.50. The van der Waals surface area contributed by atoms with Crippen molar-refractivity contribution >= 4 is 0 Å². The number of halogens is 1. The van der Waals surface area contributed by atoms with Gasteiger partial charge in [0.05, 0.1) is 14.2 Å². The summed E-state index contributed by atoms with van der Waals surface area (Å²) < 4.78 is 24.1. The molecule has 1 aliphatic heterocycles. The Morgan fingerprint density at radius 1 is 1.42 bits per heavy atom. The highest BCUT2D eigenvalue weighted by Crippen LogP contribution is 2.40. The van der Waals surface area contributed by atoms with Gasteiger partial charge in [-0.1, -0.05) is 0 Å². The zero-order valence-electron chi connectivity index (χ0n) is 11.3. The lowest BCUT2D eigenvalue weighted by Gasteiger charge is -2.24. The highest BCUT2D eigenvalue weighted by Gasteiger charge is 2.23. The number of nitrogens with one attached hydrogen (secondary N) is 1. The highest BCUT2D eigenvalue weighted by atomic mass is 19.1. The summed E-state index contributed by atoms with van der Waals surface area (Å²) in [4.78, 5) is 0. The molecule has 0 radical (unpaired) electrons. The lowest BCUT2D eigenvalue weighted by atomic mass is 9.91. The van der Waals surface area contributed by atoms with E-state index in [1.165, 1.54) is 14.2 Å². The molecule has 1 aliphatic rings. The Labute approximate surface area is 112 Å². The van der Waals surface area contributed by atoms with E-state index in [1.54, 1.807) is 0 Å². The van der Waals surface area contributed by atoms with Crippen LogP contribution in [0.5, 0.6) is 17.2 Å². The van der Waals surface area contributed by atoms with Gasteiger partial charge in [-0.3, -0.25) is 0 Å². The van der Waals surface area contributed by atoms with Crippen molar-refractivity contribution in [3.05, 3.63) is 17.4 Å². The third-order valence-corrected chi connectivity index (χ3v) is 3.58. The minimum absolute atomic E-state index is 0.316. The van der Waals surface area contributed by atoms with Crippen molar-refractivity contribution in [2.45, 2.75) is 19.3 Å². The first-order valence-corrected chi connectivity index (χ1v) is 6.50. The number of aromatic hydroxyl groups is 1. The van der Waals surface area contributed by atoms with Gasteiger partial charge in [0.2, 0.25) is 0 Å². The second kappa shape index (κ2) is 6.10. The van der Waals surface area contributed by atoms with E-state index >= 15 is 0 Å². The van der Waals surface area contributed by atoms with E-state index in [2.05, 4.69) is 5.32 Å². The topological polar surface area (TPSA) is 50.7 Å². The number of methoxy groups -OCH3 is 2. The zero-order valence-corrected chi connectivity index (χ0v) is 11.3. The van der Waals surface area contributed by atoms with Gasteiger partial charge in [-0.25, -0.2) is 4.39 Å². The molecule has 0 aromatic heterocycles. The number of hydrogen-bond acceptors (Lipinski definition) is 4. The molecule has 0 spiro atoms. The molecule has 1 unspecified atom stereocenters. The standard InChI is InChI=1S/C14H20FNO3/c1-18-12-7-11(15)13(17)10(14(12)19-2)6-9-4-3-5-16-8-9/h7,9,16-17H,3-6,8H2,1-2H3. The van der Waals surface area contributed by atoms with Gasteiger partial charge in [0.1, 0.15) is 0 Å². The van der Waals surface area contributed by atoms with Crippen LogP contribution in [-0.2, 0) is 6.42 Å². The number of ether oxygens (including phenoxy) is 2. The van der Waals surface area contributed by atoms with Crippen LogP contribution in [0.15, 0.2) is 6.07 Å². The molecule has 5 heteroatoms. The molecule has 1 saturated heterocycles. The Morgan fingerprint density at radius 3 is 2.79 bits per heavy atom. The van der Waals surface area contributed by atoms with Gasteiger partial charge in [-0.2, -0.15) is 0 Å². The van der Waals surface area contributed by atoms with Crippen LogP contribution >= 0.6 is 0 Å². The van der Waals surface area contributed by atoms with E-state index in [4.69, 9.17) is 9.47 Å². The molecule has 4 nitrogen and oxygen atoms in total. The Kier molecular flexibility index (Phi) is 4.47. The zero-order chi connectivity index (χ0) is 13.8. The van der Waals surface area contributed by atoms with Gasteiger partial charge in [0, 0.05) is 11.6 Å². The minimum Gasteiger partial charge on any atom is -0.505 e. The molecule has 1 aromatic rings. The summed E-state index contributed by atoms with van der Waals surface area (Å²) in [6, 6.07) is 1.15. The fourth-order valence-corrected chi connectivity index (χ4v) is 2.60. The van der Waals surface area contributed by atoms with Crippen LogP contribution in [-0.4, -0.2) is 32.4 Å². The smallest absolute Gasteiger partial charge is 0.169 e. The molecule has 1 atom stereocenters. The molecule has 2 rings (SSSR count). The molecule has 0 bridgehead atoms. The van der Waals surface area contributed by atoms with Crippen molar-refractivity contribution in [1.29, 1.82) is 0 Å². The lowest BCUT2D eigenvalue weighted by Crippen LogP contribution is -2.31. The van der Waals surface area contributed by atoms with Crippen molar-refractivity contribution in [2.75, 3.05) is 27.3 Å². The number of benzene rings is 1. The summed E-state index contributed by atoms with van der Waals surface area (Å²) >= 11 is 0. The second-order valence-corrected chi connectivity index (χ2v) is 4.84. The monoisotopic (exact) mass is 269 g/mol. The minimum atomic E-state index is -0.670. The number of rotatable bonds is 4. The molecule has 0 amide bonds. The number of phenols is 1. The van der Waals surface area contributed by atoms with E-state index in [0.29, 0.717) is 29.4 Å². The van der Waals surface area contributed by atoms with Crippen molar-refractivity contribution in [3.63, 3.8) is 0 Å². The van der Waals surface area contributed by atoms with Crippen molar-refractivity contribution < 1.29 is 19.0 Å². The molecule has 0 aliphatic carbocycles. The van der Waals surface area contributed by atoms with Gasteiger partial charge in [0.15, 0.2) is 23.1 Å². The Balaban J connectivity index is 2.33. The fraction of sp³-hybridized carbons (Fsp3) is 0.571. The average molecular weight is 269 g/mol. The van der Waals surface area contributed by atoms with Crippen molar-refractivity contribution in [3.8, 4) is 17.2 Å². The quantitative estimate of drug-likeness (QED) is 0.879. The third kappa shape index (κ3) is 2.92. The summed E-state index contributed by atoms with van der Waals surface area (Å²) in [5.74, 6) is 0.114. The molecule has 1 fully saturated rings. The van der Waals surface area contributed by atoms with Gasteiger partial charge in [0.25, 0.3) is 0 Å². The van der Waals surface area contributed by atoms with Crippen LogP contribution in [0.4, 0.5) is 4.39 Å². The molecule has 1 heterocycles. The number of piperidine rings is 1. The van der Waals surface area contributed by atoms with Crippen LogP contribution < -0.4 is 14.8 Å². The fourth-order valence-electron chi connectivity index (χ4n) is 2.60. The lowest BCUT2D eigenvalue weighted by molar-refractivity contribution is 0.326. The van der Waals surface area contributed by atoms with E-state index in [9.17, 15) is 9.50 Å². The molecule has 0 saturated carbocycles. The van der Waals surface area contributed by atoms with Gasteiger partial charge in [-0.15, -0.1) is 0 Å². The Morgan fingerprint density at radius 2 is 2.21 bits per heavy atom. The molecule has 2 N–H and O–H groups in total. The number of hydrogen-bond donors (Lipinski definition) is 2. The SMILES string of the molecule is COc1cc(F)c(O)c(CC2CCCNC2)c1OC. The summed E-state index contributed by atoms with van der Waals surface area (Å²) in [7, 11) is 2.96. The predicted molar refractivity (Wildman–Crippen MR) is 70.5 cm³/mol. The van der Waals surface area contributed by atoms with E-state index in [1.807, 2.05) is 0 Å². The van der Waals surface area contributed by atoms with Crippen LogP contribution in [0.25, 0.3) is 0 Å². The Bertz CT molecular complexity index is 445. The van der Waals surface area contributed by atoms with Crippen LogP contribution in [0.1, 0.15) is 18.4 Å². The molecule has 106 valence electrons. The van der Waals surface area contributed by atoms with Crippen LogP contribution in [0, 0.1) is 11.7 Å². The summed E-state index contributed by atoms with van der Waals surface area (Å²) in [5.41, 5.74) is 0.494. The largest absolute Gasteiger partial charge is 0.505 e. The maximum Gasteiger partial charge on any atom is 0.169 e. The van der Waals surface area contributed by atoms with Crippen molar-refractivity contribution in [2.24, 2.45) is 5.92 Å². The summed E-state index contributed by atoms with van der Waals surface area (Å²) in [6.45, 7) is 1.90. The van der Waals surface area contributed by atoms with Gasteiger partial charge < -0.3 is 19.9 Å². The van der Waals surface area contributed by atoms with E-state index in [0.717, 1.165) is 32.0 Å². The highest BCUT2D eigenvalue weighted by molar-refractivity contribution is 5.54. The van der Waals surface area contributed by atoms with Crippen LogP contribution in [0.3, 0.4) is 0 Å². The van der Waals surface area contributed by atoms with Crippen molar-refractivity contribution in [1.82, 2.24) is 5.32 Å². The molecule has 1 aromatic carbocycles. The Hall–Kier alpha value is -1.49. The third-order valence-electron chi connectivity index (χ3n) is 3.58. The van der Waals surface area contributed by atoms with Gasteiger partial charge >= 0.3 is 0 Å². The number of phenolic OH excluding ortho intramolecular Hbond substituents is 1. The first kappa shape index (κ1) is 13.9. The average Bonchev–Trinajstić information content (AvgIpc) is 2.44. The van der Waals surface area contributed by atoms with E-state index < -0.39 is 5.82 Å². The molecular formula is C14H20FNO3. The first-order chi connectivity index (χ1) is 9.17. The second-order valence-electron chi connectivity index (χ2n) is 4.84. The predicted octanol–water partition coefficient (Wildman–Crippen LogP) is 2.09. The molecular weight excluding hydrogens is 249 g/mol.